The van der Waals surface area contributed by atoms with E-state index in [-0.39, 0.29) is 53.4 Å². The van der Waals surface area contributed by atoms with Crippen LogP contribution in [0.25, 0.3) is 22.6 Å². The minimum atomic E-state index is -1.10. The number of nitrogens with one attached hydrogen (secondary N) is 1. The van der Waals surface area contributed by atoms with E-state index in [4.69, 9.17) is 11.3 Å². The summed E-state index contributed by atoms with van der Waals surface area (Å²) in [7, 11) is 0. The van der Waals surface area contributed by atoms with Crippen LogP contribution < -0.4 is 5.32 Å². The van der Waals surface area contributed by atoms with Crippen LogP contribution in [0.2, 0.25) is 0 Å². The average Bonchev–Trinajstić information content (AvgIpc) is 3.45. The summed E-state index contributed by atoms with van der Waals surface area (Å²) in [5.74, 6) is -0.930. The van der Waals surface area contributed by atoms with E-state index in [0.717, 1.165) is 0 Å². The number of benzene rings is 2. The van der Waals surface area contributed by atoms with Crippen LogP contribution in [-0.2, 0) is 4.79 Å². The summed E-state index contributed by atoms with van der Waals surface area (Å²) in [6.45, 7) is 2.29. The zero-order valence-electron chi connectivity index (χ0n) is 28.0. The molecule has 0 radical (unpaired) electrons. The number of aryl methyl sites for hydroxylation is 1. The lowest BCUT2D eigenvalue weighted by Crippen LogP contribution is -2.41. The van der Waals surface area contributed by atoms with Crippen molar-refractivity contribution in [2.45, 2.75) is 38.4 Å². The van der Waals surface area contributed by atoms with E-state index in [1.54, 1.807) is 42.2 Å². The minimum absolute atomic E-state index is 0.0849. The van der Waals surface area contributed by atoms with Gasteiger partial charge in [-0.05, 0) is 73.2 Å². The predicted octanol–water partition coefficient (Wildman–Crippen LogP) is 4.62. The van der Waals surface area contributed by atoms with Crippen molar-refractivity contribution in [2.24, 2.45) is 11.8 Å². The first-order valence-electron chi connectivity index (χ1n) is 16.4. The van der Waals surface area contributed by atoms with Gasteiger partial charge in [0.05, 0.1) is 12.8 Å². The number of tetrazole rings is 1. The first-order valence-corrected chi connectivity index (χ1v) is 13.9. The number of oxazole rings is 1. The lowest BCUT2D eigenvalue weighted by atomic mass is 9.85. The van der Waals surface area contributed by atoms with Crippen LogP contribution in [0.15, 0.2) is 71.2 Å². The molecule has 1 saturated heterocycles. The highest BCUT2D eigenvalue weighted by molar-refractivity contribution is 5.96. The molecule has 7 rings (SSSR count). The highest BCUT2D eigenvalue weighted by atomic mass is 19.1. The number of amides is 2. The number of hydrogen-bond donors (Lipinski definition) is 1. The molecule has 1 aliphatic heterocycles. The number of aromatic nitrogens is 6. The third-order valence-electron chi connectivity index (χ3n) is 7.80. The van der Waals surface area contributed by atoms with Gasteiger partial charge in [0, 0.05) is 30.5 Å². The SMILES string of the molecule is [2H]c1c([2H])c([2H])c([C@H](C2CCN(C(=O)c3cc(-c4nc5cc(NC(=O)[C@@H]6C[C@@H]6F)ccc5o4)ccn3)CC2)n2nnc(C)n2)c([2H])c1[2H]. The molecule has 2 aromatic carbocycles. The Morgan fingerprint density at radius 1 is 1.14 bits per heavy atom. The number of alkyl halides is 1. The Hall–Kier alpha value is -5.00. The number of anilines is 1. The Morgan fingerprint density at radius 3 is 2.65 bits per heavy atom. The predicted molar refractivity (Wildman–Crippen MR) is 155 cm³/mol. The minimum Gasteiger partial charge on any atom is -0.436 e. The molecule has 1 aliphatic carbocycles. The van der Waals surface area contributed by atoms with Crippen LogP contribution in [0, 0.1) is 18.8 Å². The summed E-state index contributed by atoms with van der Waals surface area (Å²) < 4.78 is 60.7. The number of pyridine rings is 1. The Kier molecular flexibility index (Phi) is 5.55. The third-order valence-corrected chi connectivity index (χ3v) is 7.80. The summed E-state index contributed by atoms with van der Waals surface area (Å²) in [6.07, 6.45) is 1.50. The first kappa shape index (κ1) is 21.7. The van der Waals surface area contributed by atoms with E-state index < -0.39 is 36.3 Å². The van der Waals surface area contributed by atoms with E-state index in [1.807, 2.05) is 0 Å². The number of halogens is 1. The second kappa shape index (κ2) is 11.0. The number of piperidine rings is 1. The van der Waals surface area contributed by atoms with E-state index in [0.29, 0.717) is 54.1 Å². The Morgan fingerprint density at radius 2 is 1.93 bits per heavy atom. The van der Waals surface area contributed by atoms with Crippen molar-refractivity contribution in [3.63, 3.8) is 0 Å². The first-order chi connectivity index (χ1) is 23.0. The second-order valence-electron chi connectivity index (χ2n) is 10.7. The zero-order valence-corrected chi connectivity index (χ0v) is 23.0. The lowest BCUT2D eigenvalue weighted by Gasteiger charge is -2.35. The van der Waals surface area contributed by atoms with Gasteiger partial charge >= 0.3 is 0 Å². The van der Waals surface area contributed by atoms with Crippen molar-refractivity contribution < 1.29 is 25.3 Å². The standard InChI is InChI=1S/C31H29FN8O3/c1-18-36-38-40(37-18)28(19-5-3-2-4-6-19)20-10-13-39(14-11-20)31(42)26-15-21(9-12-33-26)30-35-25-16-22(7-8-27(25)43-30)34-29(41)23-17-24(23)32/h2-9,12,15-16,20,23-24,28H,10-11,13-14,17H2,1H3,(H,34,41)/t23-,24+,28-/m1/s1/i2D,3D,4D,5D,6D. The van der Waals surface area contributed by atoms with Crippen molar-refractivity contribution in [2.75, 3.05) is 18.4 Å². The van der Waals surface area contributed by atoms with Crippen LogP contribution in [0.3, 0.4) is 0 Å². The maximum absolute atomic E-state index is 13.6. The molecule has 11 nitrogen and oxygen atoms in total. The summed E-state index contributed by atoms with van der Waals surface area (Å²) >= 11 is 0. The molecule has 43 heavy (non-hydrogen) atoms. The maximum Gasteiger partial charge on any atom is 0.272 e. The molecule has 1 saturated carbocycles. The lowest BCUT2D eigenvalue weighted by molar-refractivity contribution is -0.117. The van der Waals surface area contributed by atoms with Gasteiger partial charge in [-0.2, -0.15) is 4.80 Å². The topological polar surface area (TPSA) is 132 Å². The number of carbonyl (C=O) groups is 2. The fourth-order valence-corrected chi connectivity index (χ4v) is 5.42. The molecule has 0 bridgehead atoms. The maximum atomic E-state index is 13.6. The number of carbonyl (C=O) groups excluding carboxylic acids is 2. The van der Waals surface area contributed by atoms with Gasteiger partial charge in [-0.15, -0.1) is 10.2 Å². The summed E-state index contributed by atoms with van der Waals surface area (Å²) in [5.41, 5.74) is 2.22. The molecule has 4 heterocycles. The van der Waals surface area contributed by atoms with Crippen molar-refractivity contribution in [3.8, 4) is 11.5 Å². The van der Waals surface area contributed by atoms with E-state index in [2.05, 4.69) is 30.7 Å². The molecular weight excluding hydrogens is 551 g/mol. The molecule has 2 fully saturated rings. The van der Waals surface area contributed by atoms with E-state index in [9.17, 15) is 14.0 Å². The van der Waals surface area contributed by atoms with Gasteiger partial charge in [0.1, 0.15) is 23.4 Å². The quantitative estimate of drug-likeness (QED) is 0.293. The molecule has 218 valence electrons. The fourth-order valence-electron chi connectivity index (χ4n) is 5.42. The largest absolute Gasteiger partial charge is 0.436 e. The number of fused-ring (bicyclic) bond motifs is 1. The van der Waals surface area contributed by atoms with Gasteiger partial charge in [-0.25, -0.2) is 9.37 Å². The van der Waals surface area contributed by atoms with Gasteiger partial charge in [0.15, 0.2) is 11.4 Å². The molecule has 3 atom stereocenters. The molecule has 5 aromatic rings. The highest BCUT2D eigenvalue weighted by Crippen LogP contribution is 2.36. The summed E-state index contributed by atoms with van der Waals surface area (Å²) in [4.78, 5) is 37.5. The average molecular weight is 586 g/mol. The number of hydrogen-bond acceptors (Lipinski definition) is 8. The molecule has 12 heteroatoms. The van der Waals surface area contributed by atoms with Crippen LogP contribution in [-0.4, -0.2) is 66.2 Å². The van der Waals surface area contributed by atoms with E-state index in [1.165, 1.54) is 11.0 Å². The van der Waals surface area contributed by atoms with Crippen molar-refractivity contribution in [3.05, 3.63) is 83.8 Å². The Labute approximate surface area is 253 Å². The Balaban J connectivity index is 1.08. The number of likely N-dealkylation sites (tertiary alicyclic amines) is 1. The van der Waals surface area contributed by atoms with Gasteiger partial charge in [0.2, 0.25) is 11.8 Å². The molecule has 0 spiro atoms. The van der Waals surface area contributed by atoms with Crippen LogP contribution in [0.5, 0.6) is 0 Å². The number of nitrogens with zero attached hydrogens (tertiary/aromatic N) is 7. The Bertz CT molecular complexity index is 2050. The fraction of sp³-hybridized carbons (Fsp3) is 0.323. The molecule has 2 aliphatic rings. The van der Waals surface area contributed by atoms with Gasteiger partial charge in [-0.1, -0.05) is 30.2 Å². The van der Waals surface area contributed by atoms with Crippen molar-refractivity contribution in [1.82, 2.24) is 35.1 Å². The van der Waals surface area contributed by atoms with E-state index >= 15 is 0 Å². The van der Waals surface area contributed by atoms with Gasteiger partial charge in [-0.3, -0.25) is 14.6 Å². The van der Waals surface area contributed by atoms with Gasteiger partial charge < -0.3 is 14.6 Å². The monoisotopic (exact) mass is 585 g/mol. The highest BCUT2D eigenvalue weighted by Gasteiger charge is 2.43. The third kappa shape index (κ3) is 5.47. The van der Waals surface area contributed by atoms with Crippen LogP contribution in [0.4, 0.5) is 10.1 Å². The summed E-state index contributed by atoms with van der Waals surface area (Å²) in [5, 5.41) is 15.1. The molecule has 2 amide bonds. The van der Waals surface area contributed by atoms with Crippen LogP contribution >= 0.6 is 0 Å². The number of rotatable bonds is 7. The van der Waals surface area contributed by atoms with Gasteiger partial charge in [0.25, 0.3) is 5.91 Å². The van der Waals surface area contributed by atoms with Crippen molar-refractivity contribution >= 4 is 28.6 Å². The normalized spacial score (nSPS) is 21.0. The molecular formula is C31H29FN8O3. The van der Waals surface area contributed by atoms with Crippen LogP contribution in [0.1, 0.15) is 54.0 Å². The molecule has 3 aromatic heterocycles. The summed E-state index contributed by atoms with van der Waals surface area (Å²) in [6, 6.07) is 5.40. The smallest absolute Gasteiger partial charge is 0.272 e. The zero-order chi connectivity index (χ0) is 33.9. The van der Waals surface area contributed by atoms with Crippen molar-refractivity contribution in [1.29, 1.82) is 0 Å². The second-order valence-corrected chi connectivity index (χ2v) is 10.7. The molecule has 1 N–H and O–H groups in total. The molecule has 0 unspecified atom stereocenters.